The van der Waals surface area contributed by atoms with Gasteiger partial charge in [-0.2, -0.15) is 0 Å². The molecular formula is C16H25Cl2N5O2. The summed E-state index contributed by atoms with van der Waals surface area (Å²) in [6.45, 7) is 5.38. The van der Waals surface area contributed by atoms with Crippen LogP contribution in [0.15, 0.2) is 24.3 Å². The molecule has 0 spiro atoms. The van der Waals surface area contributed by atoms with Crippen molar-refractivity contribution in [3.8, 4) is 0 Å². The SMILES string of the molecule is Cl.Cl.NC(=O)c1cccc(NC(=O)N2CCN(C3CCNC3)CC2)c1. The van der Waals surface area contributed by atoms with E-state index >= 15 is 0 Å². The highest BCUT2D eigenvalue weighted by molar-refractivity contribution is 5.95. The van der Waals surface area contributed by atoms with E-state index in [1.807, 2.05) is 4.90 Å². The van der Waals surface area contributed by atoms with Crippen LogP contribution in [-0.4, -0.2) is 67.0 Å². The van der Waals surface area contributed by atoms with Gasteiger partial charge < -0.3 is 21.3 Å². The van der Waals surface area contributed by atoms with E-state index in [2.05, 4.69) is 15.5 Å². The minimum Gasteiger partial charge on any atom is -0.366 e. The number of anilines is 1. The normalized spacial score (nSPS) is 20.3. The maximum Gasteiger partial charge on any atom is 0.321 e. The van der Waals surface area contributed by atoms with Crippen LogP contribution in [0.3, 0.4) is 0 Å². The third kappa shape index (κ3) is 5.47. The summed E-state index contributed by atoms with van der Waals surface area (Å²) in [5, 5.41) is 6.22. The lowest BCUT2D eigenvalue weighted by molar-refractivity contribution is 0.1000. The third-order valence-corrected chi connectivity index (χ3v) is 4.55. The third-order valence-electron chi connectivity index (χ3n) is 4.55. The molecule has 3 amide bonds. The van der Waals surface area contributed by atoms with Crippen LogP contribution < -0.4 is 16.4 Å². The van der Waals surface area contributed by atoms with Crippen molar-refractivity contribution in [2.75, 3.05) is 44.6 Å². The van der Waals surface area contributed by atoms with E-state index in [4.69, 9.17) is 5.73 Å². The number of piperazine rings is 1. The molecule has 1 unspecified atom stereocenters. The van der Waals surface area contributed by atoms with E-state index in [-0.39, 0.29) is 30.8 Å². The molecule has 2 fully saturated rings. The first kappa shape index (κ1) is 21.5. The van der Waals surface area contributed by atoms with E-state index in [1.165, 1.54) is 6.42 Å². The van der Waals surface area contributed by atoms with Crippen molar-refractivity contribution in [2.24, 2.45) is 5.73 Å². The molecule has 4 N–H and O–H groups in total. The molecule has 9 heteroatoms. The first-order valence-corrected chi connectivity index (χ1v) is 8.04. The summed E-state index contributed by atoms with van der Waals surface area (Å²) < 4.78 is 0. The first-order chi connectivity index (χ1) is 11.1. The Kier molecular flexibility index (Phi) is 8.44. The summed E-state index contributed by atoms with van der Waals surface area (Å²) in [7, 11) is 0. The van der Waals surface area contributed by atoms with Gasteiger partial charge in [0.1, 0.15) is 0 Å². The molecule has 3 rings (SSSR count). The van der Waals surface area contributed by atoms with Crippen molar-refractivity contribution in [2.45, 2.75) is 12.5 Å². The number of urea groups is 1. The number of carbonyl (C=O) groups excluding carboxylic acids is 2. The Labute approximate surface area is 160 Å². The molecule has 0 saturated carbocycles. The van der Waals surface area contributed by atoms with E-state index in [0.717, 1.165) is 39.3 Å². The van der Waals surface area contributed by atoms with Crippen molar-refractivity contribution < 1.29 is 9.59 Å². The molecule has 25 heavy (non-hydrogen) atoms. The second kappa shape index (κ2) is 9.82. The van der Waals surface area contributed by atoms with Crippen LogP contribution in [0.5, 0.6) is 0 Å². The second-order valence-corrected chi connectivity index (χ2v) is 6.04. The zero-order valence-electron chi connectivity index (χ0n) is 13.9. The van der Waals surface area contributed by atoms with Crippen LogP contribution in [0.2, 0.25) is 0 Å². The molecule has 0 bridgehead atoms. The van der Waals surface area contributed by atoms with Gasteiger partial charge in [-0.15, -0.1) is 24.8 Å². The number of halogens is 2. The molecular weight excluding hydrogens is 365 g/mol. The van der Waals surface area contributed by atoms with Crippen LogP contribution in [0.1, 0.15) is 16.8 Å². The van der Waals surface area contributed by atoms with Gasteiger partial charge in [0.25, 0.3) is 0 Å². The standard InChI is InChI=1S/C16H23N5O2.2ClH/c17-15(22)12-2-1-3-13(10-12)19-16(23)21-8-6-20(7-9-21)14-4-5-18-11-14;;/h1-3,10,14,18H,4-9,11H2,(H2,17,22)(H,19,23);2*1H. The molecule has 0 radical (unpaired) electrons. The Hall–Kier alpha value is -1.54. The quantitative estimate of drug-likeness (QED) is 0.722. The van der Waals surface area contributed by atoms with Crippen LogP contribution in [0, 0.1) is 0 Å². The summed E-state index contributed by atoms with van der Waals surface area (Å²) in [4.78, 5) is 27.8. The average Bonchev–Trinajstić information content (AvgIpc) is 3.09. The number of benzene rings is 1. The van der Waals surface area contributed by atoms with Crippen molar-refractivity contribution in [1.82, 2.24) is 15.1 Å². The van der Waals surface area contributed by atoms with Crippen LogP contribution in [-0.2, 0) is 0 Å². The lowest BCUT2D eigenvalue weighted by Gasteiger charge is -2.37. The van der Waals surface area contributed by atoms with Gasteiger partial charge in [0.05, 0.1) is 0 Å². The van der Waals surface area contributed by atoms with Crippen LogP contribution in [0.4, 0.5) is 10.5 Å². The Morgan fingerprint density at radius 3 is 2.48 bits per heavy atom. The molecule has 7 nitrogen and oxygen atoms in total. The van der Waals surface area contributed by atoms with Gasteiger partial charge >= 0.3 is 6.03 Å². The topological polar surface area (TPSA) is 90.7 Å². The van der Waals surface area contributed by atoms with Gasteiger partial charge in [-0.25, -0.2) is 4.79 Å². The predicted molar refractivity (Wildman–Crippen MR) is 103 cm³/mol. The summed E-state index contributed by atoms with van der Waals surface area (Å²) in [6, 6.07) is 7.17. The van der Waals surface area contributed by atoms with Gasteiger partial charge in [-0.05, 0) is 31.2 Å². The van der Waals surface area contributed by atoms with E-state index in [0.29, 0.717) is 17.3 Å². The van der Waals surface area contributed by atoms with E-state index in [9.17, 15) is 9.59 Å². The molecule has 1 atom stereocenters. The molecule has 1 aromatic rings. The number of primary amides is 1. The highest BCUT2D eigenvalue weighted by Gasteiger charge is 2.27. The zero-order chi connectivity index (χ0) is 16.2. The molecule has 2 aliphatic heterocycles. The first-order valence-electron chi connectivity index (χ1n) is 8.04. The molecule has 2 heterocycles. The van der Waals surface area contributed by atoms with Gasteiger partial charge in [0, 0.05) is 50.0 Å². The number of amides is 3. The van der Waals surface area contributed by atoms with Crippen LogP contribution >= 0.6 is 24.8 Å². The number of hydrogen-bond donors (Lipinski definition) is 3. The predicted octanol–water partition coefficient (Wildman–Crippen LogP) is 1.14. The fraction of sp³-hybridized carbons (Fsp3) is 0.500. The monoisotopic (exact) mass is 389 g/mol. The fourth-order valence-electron chi connectivity index (χ4n) is 3.19. The zero-order valence-corrected chi connectivity index (χ0v) is 15.6. The summed E-state index contributed by atoms with van der Waals surface area (Å²) in [6.07, 6.45) is 1.19. The second-order valence-electron chi connectivity index (χ2n) is 6.04. The molecule has 0 aliphatic carbocycles. The van der Waals surface area contributed by atoms with Gasteiger partial charge in [-0.1, -0.05) is 6.07 Å². The Morgan fingerprint density at radius 1 is 1.16 bits per heavy atom. The lowest BCUT2D eigenvalue weighted by atomic mass is 10.2. The number of carbonyl (C=O) groups is 2. The summed E-state index contributed by atoms with van der Waals surface area (Å²) in [5.41, 5.74) is 6.24. The highest BCUT2D eigenvalue weighted by atomic mass is 35.5. The Morgan fingerprint density at radius 2 is 1.88 bits per heavy atom. The van der Waals surface area contributed by atoms with Gasteiger partial charge in [-0.3, -0.25) is 9.69 Å². The number of nitrogens with zero attached hydrogens (tertiary/aromatic N) is 2. The Bertz CT molecular complexity index is 588. The number of hydrogen-bond acceptors (Lipinski definition) is 4. The smallest absolute Gasteiger partial charge is 0.321 e. The van der Waals surface area contributed by atoms with Gasteiger partial charge in [0.15, 0.2) is 0 Å². The molecule has 0 aromatic heterocycles. The van der Waals surface area contributed by atoms with Crippen LogP contribution in [0.25, 0.3) is 0 Å². The molecule has 2 saturated heterocycles. The van der Waals surface area contributed by atoms with Gasteiger partial charge in [0.2, 0.25) is 5.91 Å². The molecule has 1 aromatic carbocycles. The highest BCUT2D eigenvalue weighted by Crippen LogP contribution is 2.14. The Balaban J connectivity index is 0.00000156. The maximum atomic E-state index is 12.3. The fourth-order valence-corrected chi connectivity index (χ4v) is 3.19. The van der Waals surface area contributed by atoms with E-state index in [1.54, 1.807) is 24.3 Å². The van der Waals surface area contributed by atoms with E-state index < -0.39 is 5.91 Å². The van der Waals surface area contributed by atoms with Crippen molar-refractivity contribution in [3.05, 3.63) is 29.8 Å². The lowest BCUT2D eigenvalue weighted by Crippen LogP contribution is -2.53. The summed E-state index contributed by atoms with van der Waals surface area (Å²) in [5.74, 6) is -0.500. The average molecular weight is 390 g/mol. The van der Waals surface area contributed by atoms with Crippen molar-refractivity contribution >= 4 is 42.4 Å². The minimum atomic E-state index is -0.500. The maximum absolute atomic E-state index is 12.3. The summed E-state index contributed by atoms with van der Waals surface area (Å²) >= 11 is 0. The molecule has 2 aliphatic rings. The largest absolute Gasteiger partial charge is 0.366 e. The number of nitrogens with one attached hydrogen (secondary N) is 2. The number of rotatable bonds is 3. The van der Waals surface area contributed by atoms with Crippen molar-refractivity contribution in [3.63, 3.8) is 0 Å². The number of nitrogens with two attached hydrogens (primary N) is 1. The van der Waals surface area contributed by atoms with Crippen molar-refractivity contribution in [1.29, 1.82) is 0 Å². The molecule has 140 valence electrons. The minimum absolute atomic E-state index is 0.